The zero-order chi connectivity index (χ0) is 30.8. The third-order valence-electron chi connectivity index (χ3n) is 7.74. The predicted molar refractivity (Wildman–Crippen MR) is 165 cm³/mol. The average Bonchev–Trinajstić information content (AvgIpc) is 3.42. The minimum Gasteiger partial charge on any atom is -0.452 e. The zero-order valence-electron chi connectivity index (χ0n) is 23.3. The third kappa shape index (κ3) is 6.16. The number of halogens is 3. The van der Waals surface area contributed by atoms with Crippen LogP contribution < -0.4 is 5.56 Å². The van der Waals surface area contributed by atoms with Gasteiger partial charge in [-0.15, -0.1) is 0 Å². The molecule has 7 nitrogen and oxygen atoms in total. The van der Waals surface area contributed by atoms with Gasteiger partial charge in [0.25, 0.3) is 11.5 Å². The number of allylic oxidation sites excluding steroid dienone is 1. The third-order valence-corrected chi connectivity index (χ3v) is 8.23. The maximum absolute atomic E-state index is 13.8. The Hall–Kier alpha value is -4.70. The second kappa shape index (κ2) is 12.5. The fourth-order valence-electron chi connectivity index (χ4n) is 5.67. The first kappa shape index (κ1) is 29.4. The molecule has 0 spiro atoms. The maximum Gasteiger partial charge on any atom is 0.340 e. The monoisotopic (exact) mass is 657 g/mol. The van der Waals surface area contributed by atoms with Crippen molar-refractivity contribution >= 4 is 39.6 Å². The number of fused-ring (bicyclic) bond motifs is 1. The van der Waals surface area contributed by atoms with Crippen LogP contribution in [-0.2, 0) is 9.53 Å². The fourth-order valence-corrected chi connectivity index (χ4v) is 6.06. The van der Waals surface area contributed by atoms with Crippen LogP contribution in [-0.4, -0.2) is 33.8 Å². The van der Waals surface area contributed by atoms with E-state index in [2.05, 4.69) is 15.9 Å². The summed E-state index contributed by atoms with van der Waals surface area (Å²) in [6.45, 7) is -0.590. The number of hydrogen-bond acceptors (Lipinski definition) is 5. The van der Waals surface area contributed by atoms with Gasteiger partial charge in [-0.05, 0) is 90.6 Å². The first-order valence-electron chi connectivity index (χ1n) is 14.0. The number of hydrazone groups is 1. The lowest BCUT2D eigenvalue weighted by atomic mass is 9.77. The van der Waals surface area contributed by atoms with E-state index in [4.69, 9.17) is 9.84 Å². The van der Waals surface area contributed by atoms with E-state index in [1.165, 1.54) is 52.2 Å². The molecule has 1 amide bonds. The molecular formula is C34H26BrF2N3O4. The number of aromatic nitrogens is 1. The van der Waals surface area contributed by atoms with Gasteiger partial charge in [0.15, 0.2) is 6.61 Å². The number of rotatable bonds is 6. The highest BCUT2D eigenvalue weighted by atomic mass is 79.9. The van der Waals surface area contributed by atoms with Crippen LogP contribution in [0.5, 0.6) is 0 Å². The van der Waals surface area contributed by atoms with Gasteiger partial charge in [0.05, 0.1) is 17.3 Å². The molecule has 2 unspecified atom stereocenters. The van der Waals surface area contributed by atoms with Gasteiger partial charge in [0, 0.05) is 28.3 Å². The van der Waals surface area contributed by atoms with Gasteiger partial charge in [-0.1, -0.05) is 46.3 Å². The van der Waals surface area contributed by atoms with Crippen molar-refractivity contribution < 1.29 is 23.1 Å². The lowest BCUT2D eigenvalue weighted by Crippen LogP contribution is -2.34. The molecule has 3 aromatic carbocycles. The molecule has 1 aromatic heterocycles. The topological polar surface area (TPSA) is 81.0 Å². The molecule has 0 radical (unpaired) electrons. The van der Waals surface area contributed by atoms with Crippen molar-refractivity contribution in [3.05, 3.63) is 140 Å². The number of benzene rings is 3. The summed E-state index contributed by atoms with van der Waals surface area (Å²) in [4.78, 5) is 39.1. The summed E-state index contributed by atoms with van der Waals surface area (Å²) in [6.07, 6.45) is 5.64. The van der Waals surface area contributed by atoms with Gasteiger partial charge in [-0.3, -0.25) is 14.2 Å². The lowest BCUT2D eigenvalue weighted by molar-refractivity contribution is -0.137. The van der Waals surface area contributed by atoms with Crippen LogP contribution in [0.1, 0.15) is 46.8 Å². The summed E-state index contributed by atoms with van der Waals surface area (Å²) in [5.41, 5.74) is 3.50. The first-order chi connectivity index (χ1) is 21.3. The zero-order valence-corrected chi connectivity index (χ0v) is 24.9. The minimum absolute atomic E-state index is 0.0957. The molecule has 0 N–H and O–H groups in total. The smallest absolute Gasteiger partial charge is 0.340 e. The van der Waals surface area contributed by atoms with Crippen molar-refractivity contribution in [2.45, 2.75) is 25.3 Å². The van der Waals surface area contributed by atoms with Gasteiger partial charge in [-0.2, -0.15) is 5.10 Å². The van der Waals surface area contributed by atoms with Crippen LogP contribution in [0, 0.1) is 17.6 Å². The summed E-state index contributed by atoms with van der Waals surface area (Å²) in [5, 5.41) is 6.06. The Labute approximate surface area is 260 Å². The molecule has 6 rings (SSSR count). The molecule has 10 heteroatoms. The Balaban J connectivity index is 1.26. The SMILES string of the molecule is O=C(OCC(=O)N1N=C2/C(=C\c3ccc(F)cc3)CCCC2C1c1ccc(F)cc1)c1ccc(=O)n(-c2cccc(Br)c2)c1. The molecule has 2 heterocycles. The second-order valence-corrected chi connectivity index (χ2v) is 11.5. The summed E-state index contributed by atoms with van der Waals surface area (Å²) < 4.78 is 34.8. The van der Waals surface area contributed by atoms with Crippen molar-refractivity contribution in [2.75, 3.05) is 6.61 Å². The first-order valence-corrected chi connectivity index (χ1v) is 14.8. The van der Waals surface area contributed by atoms with E-state index in [-0.39, 0.29) is 22.9 Å². The van der Waals surface area contributed by atoms with E-state index < -0.39 is 30.3 Å². The predicted octanol–water partition coefficient (Wildman–Crippen LogP) is 6.86. The van der Waals surface area contributed by atoms with Crippen LogP contribution in [0.3, 0.4) is 0 Å². The fraction of sp³-hybridized carbons (Fsp3) is 0.176. The Morgan fingerprint density at radius 1 is 0.977 bits per heavy atom. The molecule has 1 fully saturated rings. The molecule has 1 saturated carbocycles. The molecule has 1 aliphatic carbocycles. The van der Waals surface area contributed by atoms with Crippen LogP contribution in [0.2, 0.25) is 0 Å². The molecular weight excluding hydrogens is 632 g/mol. The Kier molecular flexibility index (Phi) is 8.34. The highest BCUT2D eigenvalue weighted by molar-refractivity contribution is 9.10. The van der Waals surface area contributed by atoms with E-state index in [9.17, 15) is 23.2 Å². The Bertz CT molecular complexity index is 1850. The van der Waals surface area contributed by atoms with Crippen LogP contribution in [0.25, 0.3) is 11.8 Å². The molecule has 0 saturated heterocycles. The molecule has 1 aliphatic heterocycles. The van der Waals surface area contributed by atoms with Gasteiger partial charge in [-0.25, -0.2) is 18.6 Å². The number of esters is 1. The van der Waals surface area contributed by atoms with Crippen molar-refractivity contribution in [2.24, 2.45) is 11.0 Å². The Morgan fingerprint density at radius 2 is 1.70 bits per heavy atom. The molecule has 222 valence electrons. The number of carbonyl (C=O) groups is 2. The Morgan fingerprint density at radius 3 is 2.43 bits per heavy atom. The second-order valence-electron chi connectivity index (χ2n) is 10.6. The van der Waals surface area contributed by atoms with E-state index >= 15 is 0 Å². The lowest BCUT2D eigenvalue weighted by Gasteiger charge is -2.29. The van der Waals surface area contributed by atoms with Crippen LogP contribution in [0.15, 0.2) is 111 Å². The van der Waals surface area contributed by atoms with Gasteiger partial charge in [0.1, 0.15) is 11.6 Å². The largest absolute Gasteiger partial charge is 0.452 e. The number of amides is 1. The highest BCUT2D eigenvalue weighted by Crippen LogP contribution is 2.44. The van der Waals surface area contributed by atoms with Crippen molar-refractivity contribution in [3.63, 3.8) is 0 Å². The molecule has 2 atom stereocenters. The number of nitrogens with zero attached hydrogens (tertiary/aromatic N) is 3. The summed E-state index contributed by atoms with van der Waals surface area (Å²) in [5.74, 6) is -2.21. The van der Waals surface area contributed by atoms with Crippen LogP contribution >= 0.6 is 15.9 Å². The standard InChI is InChI=1S/C34H26BrF2N3O4/c35-25-4-2-5-28(18-25)39-19-24(11-16-30(39)41)34(43)44-20-31(42)40-33(22-9-14-27(37)15-10-22)29-6-1-3-23(32(29)38-40)17-21-7-12-26(36)13-8-21/h2,4-5,7-19,29,33H,1,3,6,20H2/b23-17-. The molecule has 0 bridgehead atoms. The minimum atomic E-state index is -0.776. The quantitative estimate of drug-likeness (QED) is 0.212. The van der Waals surface area contributed by atoms with Crippen LogP contribution in [0.4, 0.5) is 8.78 Å². The summed E-state index contributed by atoms with van der Waals surface area (Å²) >= 11 is 3.38. The van der Waals surface area contributed by atoms with E-state index in [0.29, 0.717) is 11.3 Å². The molecule has 2 aliphatic rings. The molecule has 4 aromatic rings. The van der Waals surface area contributed by atoms with E-state index in [1.54, 1.807) is 42.5 Å². The summed E-state index contributed by atoms with van der Waals surface area (Å²) in [6, 6.07) is 21.2. The van der Waals surface area contributed by atoms with E-state index in [1.807, 2.05) is 12.1 Å². The number of pyridine rings is 1. The molecule has 44 heavy (non-hydrogen) atoms. The van der Waals surface area contributed by atoms with Gasteiger partial charge in [0.2, 0.25) is 0 Å². The summed E-state index contributed by atoms with van der Waals surface area (Å²) in [7, 11) is 0. The number of hydrogen-bond donors (Lipinski definition) is 0. The maximum atomic E-state index is 13.8. The van der Waals surface area contributed by atoms with Crippen molar-refractivity contribution in [1.29, 1.82) is 0 Å². The van der Waals surface area contributed by atoms with Crippen molar-refractivity contribution in [3.8, 4) is 5.69 Å². The average molecular weight is 658 g/mol. The normalized spacial score (nSPS) is 18.6. The van der Waals surface area contributed by atoms with Crippen molar-refractivity contribution in [1.82, 2.24) is 9.58 Å². The van der Waals surface area contributed by atoms with E-state index in [0.717, 1.165) is 40.6 Å². The highest BCUT2D eigenvalue weighted by Gasteiger charge is 2.43. The van der Waals surface area contributed by atoms with Gasteiger partial charge < -0.3 is 4.74 Å². The number of ether oxygens (including phenoxy) is 1. The van der Waals surface area contributed by atoms with Gasteiger partial charge >= 0.3 is 5.97 Å². The number of carbonyl (C=O) groups excluding carboxylic acids is 2.